The topological polar surface area (TPSA) is 27.3 Å². The number of aliphatic hydroxyl groups excluding tert-OH is 1. The fourth-order valence-corrected chi connectivity index (χ4v) is 3.16. The zero-order valence-electron chi connectivity index (χ0n) is 15.4. The first kappa shape index (κ1) is 19.5. The van der Waals surface area contributed by atoms with Gasteiger partial charge in [-0.05, 0) is 42.7 Å². The molecule has 0 amide bonds. The third-order valence-electron chi connectivity index (χ3n) is 4.44. The first-order chi connectivity index (χ1) is 12.1. The summed E-state index contributed by atoms with van der Waals surface area (Å²) in [6, 6.07) is 10.8. The maximum Gasteiger partial charge on any atom is 0.178 e. The number of anilines is 1. The van der Waals surface area contributed by atoms with Gasteiger partial charge in [0, 0.05) is 43.6 Å². The standard InChI is InChI=1S/C21H28N2OS/c1-4-22(11-13-24)21-8-7-20(17(2)15-21)6-5-19-9-10-23(12-14-25)18(3)16-19/h5-10,15-16,24H,4,11-14H2,1-3H3/p+1. The van der Waals surface area contributed by atoms with Crippen molar-refractivity contribution >= 4 is 30.5 Å². The Labute approximate surface area is 157 Å². The van der Waals surface area contributed by atoms with E-state index in [9.17, 15) is 5.11 Å². The summed E-state index contributed by atoms with van der Waals surface area (Å²) in [5.41, 5.74) is 6.06. The smallest absolute Gasteiger partial charge is 0.178 e. The fourth-order valence-electron chi connectivity index (χ4n) is 2.95. The minimum atomic E-state index is 0.176. The number of nitrogens with zero attached hydrogens (tertiary/aromatic N) is 2. The Hall–Kier alpha value is -1.78. The molecule has 134 valence electrons. The number of likely N-dealkylation sites (N-methyl/N-ethyl adjacent to an activating group) is 1. The van der Waals surface area contributed by atoms with Crippen LogP contribution in [0.15, 0.2) is 36.5 Å². The summed E-state index contributed by atoms with van der Waals surface area (Å²) in [5.74, 6) is 0.845. The molecule has 0 aliphatic rings. The molecule has 0 aliphatic carbocycles. The molecule has 0 saturated heterocycles. The summed E-state index contributed by atoms with van der Waals surface area (Å²) < 4.78 is 2.21. The third kappa shape index (κ3) is 5.35. The predicted molar refractivity (Wildman–Crippen MR) is 110 cm³/mol. The van der Waals surface area contributed by atoms with Crippen LogP contribution in [0, 0.1) is 13.8 Å². The van der Waals surface area contributed by atoms with E-state index in [1.165, 1.54) is 22.4 Å². The van der Waals surface area contributed by atoms with Crippen molar-refractivity contribution in [3.8, 4) is 0 Å². The molecule has 1 aromatic carbocycles. The van der Waals surface area contributed by atoms with E-state index in [0.717, 1.165) is 24.5 Å². The molecule has 4 heteroatoms. The minimum Gasteiger partial charge on any atom is -0.395 e. The predicted octanol–water partition coefficient (Wildman–Crippen LogP) is 3.51. The Kier molecular flexibility index (Phi) is 7.53. The Bertz CT molecular complexity index is 728. The summed E-state index contributed by atoms with van der Waals surface area (Å²) in [6.07, 6.45) is 6.44. The van der Waals surface area contributed by atoms with Gasteiger partial charge in [-0.3, -0.25) is 0 Å². The van der Waals surface area contributed by atoms with Crippen LogP contribution in [0.5, 0.6) is 0 Å². The number of thiol groups is 1. The molecular formula is C21H29N2OS+. The molecule has 25 heavy (non-hydrogen) atoms. The fraction of sp³-hybridized carbons (Fsp3) is 0.381. The maximum atomic E-state index is 9.18. The lowest BCUT2D eigenvalue weighted by Gasteiger charge is -2.22. The lowest BCUT2D eigenvalue weighted by Crippen LogP contribution is -2.37. The number of rotatable bonds is 8. The molecule has 0 bridgehead atoms. The van der Waals surface area contributed by atoms with Crippen molar-refractivity contribution in [2.45, 2.75) is 27.3 Å². The summed E-state index contributed by atoms with van der Waals surface area (Å²) >= 11 is 4.30. The van der Waals surface area contributed by atoms with Crippen LogP contribution in [0.25, 0.3) is 12.2 Å². The van der Waals surface area contributed by atoms with Crippen LogP contribution in [0.4, 0.5) is 5.69 Å². The second kappa shape index (κ2) is 9.64. The summed E-state index contributed by atoms with van der Waals surface area (Å²) in [7, 11) is 0. The van der Waals surface area contributed by atoms with Gasteiger partial charge in [0.1, 0.15) is 0 Å². The number of benzene rings is 1. The second-order valence-corrected chi connectivity index (χ2v) is 6.64. The molecule has 3 nitrogen and oxygen atoms in total. The largest absolute Gasteiger partial charge is 0.395 e. The first-order valence-electron chi connectivity index (χ1n) is 8.84. The monoisotopic (exact) mass is 357 g/mol. The lowest BCUT2D eigenvalue weighted by atomic mass is 10.1. The number of aliphatic hydroxyl groups is 1. The van der Waals surface area contributed by atoms with Gasteiger partial charge in [-0.1, -0.05) is 18.2 Å². The minimum absolute atomic E-state index is 0.176. The van der Waals surface area contributed by atoms with Gasteiger partial charge in [0.25, 0.3) is 0 Å². The molecule has 2 rings (SSSR count). The van der Waals surface area contributed by atoms with Gasteiger partial charge in [0.15, 0.2) is 18.4 Å². The Morgan fingerprint density at radius 2 is 1.96 bits per heavy atom. The third-order valence-corrected chi connectivity index (χ3v) is 4.64. The molecule has 0 atom stereocenters. The van der Waals surface area contributed by atoms with Gasteiger partial charge in [-0.25, -0.2) is 4.57 Å². The molecule has 0 aliphatic heterocycles. The van der Waals surface area contributed by atoms with Crippen molar-refractivity contribution in [3.63, 3.8) is 0 Å². The number of hydrogen-bond acceptors (Lipinski definition) is 3. The van der Waals surface area contributed by atoms with Gasteiger partial charge in [0.2, 0.25) is 0 Å². The van der Waals surface area contributed by atoms with Crippen molar-refractivity contribution in [3.05, 3.63) is 58.9 Å². The molecule has 1 N–H and O–H groups in total. The Morgan fingerprint density at radius 3 is 2.56 bits per heavy atom. The van der Waals surface area contributed by atoms with Crippen molar-refractivity contribution in [2.24, 2.45) is 0 Å². The molecule has 2 aromatic rings. The van der Waals surface area contributed by atoms with Crippen LogP contribution >= 0.6 is 12.6 Å². The average Bonchev–Trinajstić information content (AvgIpc) is 2.61. The van der Waals surface area contributed by atoms with Crippen LogP contribution in [-0.2, 0) is 6.54 Å². The van der Waals surface area contributed by atoms with E-state index in [4.69, 9.17) is 0 Å². The molecule has 0 saturated carbocycles. The maximum absolute atomic E-state index is 9.18. The van der Waals surface area contributed by atoms with Crippen molar-refractivity contribution in [1.82, 2.24) is 0 Å². The highest BCUT2D eigenvalue weighted by Gasteiger charge is 2.06. The Morgan fingerprint density at radius 1 is 1.16 bits per heavy atom. The second-order valence-electron chi connectivity index (χ2n) is 6.20. The normalized spacial score (nSPS) is 11.2. The highest BCUT2D eigenvalue weighted by molar-refractivity contribution is 7.80. The van der Waals surface area contributed by atoms with Crippen LogP contribution in [0.3, 0.4) is 0 Å². The van der Waals surface area contributed by atoms with E-state index in [2.05, 4.69) is 91.5 Å². The van der Waals surface area contributed by atoms with Crippen molar-refractivity contribution < 1.29 is 9.67 Å². The van der Waals surface area contributed by atoms with Crippen molar-refractivity contribution in [2.75, 3.05) is 30.3 Å². The van der Waals surface area contributed by atoms with Gasteiger partial charge in [-0.15, -0.1) is 0 Å². The lowest BCUT2D eigenvalue weighted by molar-refractivity contribution is -0.698. The SMILES string of the molecule is CCN(CCO)c1ccc(/C=C/c2cc[n+](CCS)c(C)c2)c(C)c1. The van der Waals surface area contributed by atoms with Gasteiger partial charge < -0.3 is 10.0 Å². The zero-order chi connectivity index (χ0) is 18.2. The number of pyridine rings is 1. The summed E-state index contributed by atoms with van der Waals surface area (Å²) in [6.45, 7) is 9.03. The van der Waals surface area contributed by atoms with E-state index in [1.54, 1.807) is 0 Å². The average molecular weight is 358 g/mol. The molecular weight excluding hydrogens is 328 g/mol. The summed E-state index contributed by atoms with van der Waals surface area (Å²) in [4.78, 5) is 2.18. The van der Waals surface area contributed by atoms with E-state index in [1.807, 2.05) is 0 Å². The first-order valence-corrected chi connectivity index (χ1v) is 9.47. The molecule has 0 radical (unpaired) electrons. The van der Waals surface area contributed by atoms with Crippen LogP contribution in [0.1, 0.15) is 29.3 Å². The van der Waals surface area contributed by atoms with Gasteiger partial charge >= 0.3 is 0 Å². The molecule has 0 fully saturated rings. The van der Waals surface area contributed by atoms with E-state index in [0.29, 0.717) is 6.54 Å². The molecule has 0 unspecified atom stereocenters. The van der Waals surface area contributed by atoms with Crippen molar-refractivity contribution in [1.29, 1.82) is 0 Å². The van der Waals surface area contributed by atoms with Crippen LogP contribution in [0.2, 0.25) is 0 Å². The molecule has 0 spiro atoms. The van der Waals surface area contributed by atoms with E-state index < -0.39 is 0 Å². The van der Waals surface area contributed by atoms with Crippen LogP contribution in [-0.4, -0.2) is 30.6 Å². The van der Waals surface area contributed by atoms with Crippen LogP contribution < -0.4 is 9.47 Å². The van der Waals surface area contributed by atoms with E-state index >= 15 is 0 Å². The summed E-state index contributed by atoms with van der Waals surface area (Å²) in [5, 5.41) is 9.18. The van der Waals surface area contributed by atoms with Gasteiger partial charge in [0.05, 0.1) is 6.61 Å². The molecule has 1 heterocycles. The molecule has 1 aromatic heterocycles. The van der Waals surface area contributed by atoms with E-state index in [-0.39, 0.29) is 6.61 Å². The number of aryl methyl sites for hydroxylation is 3. The highest BCUT2D eigenvalue weighted by Crippen LogP contribution is 2.21. The Balaban J connectivity index is 2.17. The number of aromatic nitrogens is 1. The highest BCUT2D eigenvalue weighted by atomic mass is 32.1. The quantitative estimate of drug-likeness (QED) is 0.559. The van der Waals surface area contributed by atoms with Gasteiger partial charge in [-0.2, -0.15) is 12.6 Å². The zero-order valence-corrected chi connectivity index (χ0v) is 16.3. The number of hydrogen-bond donors (Lipinski definition) is 2.